The van der Waals surface area contributed by atoms with Crippen molar-refractivity contribution in [1.82, 2.24) is 15.0 Å². The van der Waals surface area contributed by atoms with Gasteiger partial charge in [-0.3, -0.25) is 0 Å². The number of hydrogen-bond acceptors (Lipinski definition) is 3. The minimum Gasteiger partial charge on any atom is -0.208 e. The fourth-order valence-corrected chi connectivity index (χ4v) is 6.05. The average molecular weight is 614 g/mol. The van der Waals surface area contributed by atoms with Crippen molar-refractivity contribution in [3.63, 3.8) is 0 Å². The normalized spacial score (nSPS) is 10.9. The number of hydrogen-bond donors (Lipinski definition) is 0. The number of aromatic nitrogens is 3. The van der Waals surface area contributed by atoms with Crippen molar-refractivity contribution in [3.8, 4) is 78.7 Å². The molecule has 0 radical (unpaired) electrons. The lowest BCUT2D eigenvalue weighted by Gasteiger charge is -2.13. The van der Waals surface area contributed by atoms with E-state index in [1.54, 1.807) is 0 Å². The van der Waals surface area contributed by atoms with Gasteiger partial charge in [0.15, 0.2) is 17.5 Å². The van der Waals surface area contributed by atoms with Crippen molar-refractivity contribution in [2.24, 2.45) is 0 Å². The van der Waals surface area contributed by atoms with Gasteiger partial charge < -0.3 is 0 Å². The fraction of sp³-hybridized carbons (Fsp3) is 0. The molecule has 8 aromatic rings. The zero-order valence-corrected chi connectivity index (χ0v) is 26.2. The molecule has 0 fully saturated rings. The zero-order chi connectivity index (χ0) is 32.1. The summed E-state index contributed by atoms with van der Waals surface area (Å²) in [5.74, 6) is 1.90. The highest BCUT2D eigenvalue weighted by molar-refractivity contribution is 5.82. The molecule has 0 N–H and O–H groups in total. The Bertz CT molecular complexity index is 2150. The van der Waals surface area contributed by atoms with Gasteiger partial charge in [0.25, 0.3) is 0 Å². The van der Waals surface area contributed by atoms with Gasteiger partial charge in [-0.15, -0.1) is 0 Å². The summed E-state index contributed by atoms with van der Waals surface area (Å²) in [6.07, 6.45) is 0. The molecule has 0 bridgehead atoms. The molecule has 48 heavy (non-hydrogen) atoms. The zero-order valence-electron chi connectivity index (χ0n) is 26.2. The summed E-state index contributed by atoms with van der Waals surface area (Å²) in [4.78, 5) is 15.3. The van der Waals surface area contributed by atoms with Crippen molar-refractivity contribution in [2.75, 3.05) is 0 Å². The smallest absolute Gasteiger partial charge is 0.164 e. The monoisotopic (exact) mass is 613 g/mol. The first-order valence-corrected chi connectivity index (χ1v) is 16.1. The second-order valence-corrected chi connectivity index (χ2v) is 11.7. The molecular formula is C45H31N3. The summed E-state index contributed by atoms with van der Waals surface area (Å²) in [6, 6.07) is 65.3. The Kier molecular flexibility index (Phi) is 7.92. The van der Waals surface area contributed by atoms with Crippen LogP contribution in [0.15, 0.2) is 188 Å². The minimum atomic E-state index is 0.627. The second-order valence-electron chi connectivity index (χ2n) is 11.7. The van der Waals surface area contributed by atoms with Gasteiger partial charge in [-0.2, -0.15) is 0 Å². The molecule has 3 nitrogen and oxygen atoms in total. The summed E-state index contributed by atoms with van der Waals surface area (Å²) in [5.41, 5.74) is 11.9. The van der Waals surface area contributed by atoms with Crippen molar-refractivity contribution in [2.45, 2.75) is 0 Å². The molecular weight excluding hydrogens is 583 g/mol. The Morgan fingerprint density at radius 3 is 0.958 bits per heavy atom. The predicted molar refractivity (Wildman–Crippen MR) is 198 cm³/mol. The first-order valence-electron chi connectivity index (χ1n) is 16.1. The van der Waals surface area contributed by atoms with Crippen molar-refractivity contribution >= 4 is 0 Å². The van der Waals surface area contributed by atoms with Gasteiger partial charge >= 0.3 is 0 Å². The van der Waals surface area contributed by atoms with Crippen LogP contribution >= 0.6 is 0 Å². The maximum atomic E-state index is 5.15. The van der Waals surface area contributed by atoms with E-state index in [-0.39, 0.29) is 0 Å². The molecule has 7 aromatic carbocycles. The van der Waals surface area contributed by atoms with E-state index in [0.29, 0.717) is 17.5 Å². The van der Waals surface area contributed by atoms with E-state index in [9.17, 15) is 0 Å². The highest BCUT2D eigenvalue weighted by Crippen LogP contribution is 2.35. The Hall–Kier alpha value is -6.45. The minimum absolute atomic E-state index is 0.627. The molecule has 0 aliphatic carbocycles. The SMILES string of the molecule is c1ccc(-c2cccc(-c3cc(-c4ccccc4)cc(-c4nc(-c5ccccc5)nc(-c5cccc(-c6ccccc6)c5)n4)c3)c2)cc1. The maximum absolute atomic E-state index is 5.15. The predicted octanol–water partition coefficient (Wildman–Crippen LogP) is 11.5. The third kappa shape index (κ3) is 6.18. The Labute approximate surface area is 280 Å². The van der Waals surface area contributed by atoms with Gasteiger partial charge in [0.05, 0.1) is 0 Å². The number of rotatable bonds is 7. The van der Waals surface area contributed by atoms with Gasteiger partial charge in [-0.25, -0.2) is 15.0 Å². The summed E-state index contributed by atoms with van der Waals surface area (Å²) in [7, 11) is 0. The fourth-order valence-electron chi connectivity index (χ4n) is 6.05. The largest absolute Gasteiger partial charge is 0.208 e. The molecule has 0 saturated heterocycles. The third-order valence-corrected chi connectivity index (χ3v) is 8.50. The van der Waals surface area contributed by atoms with E-state index in [2.05, 4.69) is 140 Å². The van der Waals surface area contributed by atoms with Crippen LogP contribution in [0.2, 0.25) is 0 Å². The topological polar surface area (TPSA) is 38.7 Å². The van der Waals surface area contributed by atoms with Crippen LogP contribution in [0.25, 0.3) is 78.7 Å². The van der Waals surface area contributed by atoms with Gasteiger partial charge in [0, 0.05) is 16.7 Å². The third-order valence-electron chi connectivity index (χ3n) is 8.50. The standard InChI is InChI=1S/C45H31N3/c1-5-15-32(16-6-1)36-23-13-25-38(27-36)41-29-40(34-19-9-3-10-20-34)30-42(31-41)45-47-43(35-21-11-4-12-22-35)46-44(48-45)39-26-14-24-37(28-39)33-17-7-2-8-18-33/h1-31H. The first-order chi connectivity index (χ1) is 23.8. The molecule has 0 aliphatic heterocycles. The van der Waals surface area contributed by atoms with Crippen LogP contribution < -0.4 is 0 Å². The van der Waals surface area contributed by atoms with Crippen LogP contribution in [-0.4, -0.2) is 15.0 Å². The number of nitrogens with zero attached hydrogens (tertiary/aromatic N) is 3. The molecule has 0 saturated carbocycles. The molecule has 226 valence electrons. The maximum Gasteiger partial charge on any atom is 0.164 e. The quantitative estimate of drug-likeness (QED) is 0.179. The highest BCUT2D eigenvalue weighted by Gasteiger charge is 2.15. The molecule has 1 aromatic heterocycles. The van der Waals surface area contributed by atoms with Crippen LogP contribution in [0, 0.1) is 0 Å². The average Bonchev–Trinajstić information content (AvgIpc) is 3.19. The highest BCUT2D eigenvalue weighted by atomic mass is 15.0. The van der Waals surface area contributed by atoms with Crippen molar-refractivity contribution in [3.05, 3.63) is 188 Å². The van der Waals surface area contributed by atoms with Gasteiger partial charge in [0.2, 0.25) is 0 Å². The molecule has 0 unspecified atom stereocenters. The van der Waals surface area contributed by atoms with E-state index in [4.69, 9.17) is 15.0 Å². The van der Waals surface area contributed by atoms with Gasteiger partial charge in [-0.1, -0.05) is 158 Å². The van der Waals surface area contributed by atoms with Crippen LogP contribution in [-0.2, 0) is 0 Å². The summed E-state index contributed by atoms with van der Waals surface area (Å²) in [6.45, 7) is 0. The Morgan fingerprint density at radius 2 is 0.458 bits per heavy atom. The van der Waals surface area contributed by atoms with Gasteiger partial charge in [-0.05, 0) is 74.8 Å². The van der Waals surface area contributed by atoms with Crippen molar-refractivity contribution < 1.29 is 0 Å². The molecule has 0 atom stereocenters. The Balaban J connectivity index is 1.31. The lowest BCUT2D eigenvalue weighted by Crippen LogP contribution is -2.00. The van der Waals surface area contributed by atoms with Gasteiger partial charge in [0.1, 0.15) is 0 Å². The van der Waals surface area contributed by atoms with E-state index in [0.717, 1.165) is 50.1 Å². The van der Waals surface area contributed by atoms with E-state index < -0.39 is 0 Å². The van der Waals surface area contributed by atoms with Crippen LogP contribution in [0.1, 0.15) is 0 Å². The summed E-state index contributed by atoms with van der Waals surface area (Å²) >= 11 is 0. The molecule has 0 aliphatic rings. The number of benzene rings is 7. The molecule has 3 heteroatoms. The van der Waals surface area contributed by atoms with Crippen LogP contribution in [0.4, 0.5) is 0 Å². The summed E-state index contributed by atoms with van der Waals surface area (Å²) in [5, 5.41) is 0. The van der Waals surface area contributed by atoms with Crippen molar-refractivity contribution in [1.29, 1.82) is 0 Å². The lowest BCUT2D eigenvalue weighted by atomic mass is 9.94. The molecule has 0 spiro atoms. The second kappa shape index (κ2) is 13.1. The summed E-state index contributed by atoms with van der Waals surface area (Å²) < 4.78 is 0. The molecule has 0 amide bonds. The first kappa shape index (κ1) is 29.0. The van der Waals surface area contributed by atoms with E-state index in [1.807, 2.05) is 48.5 Å². The Morgan fingerprint density at radius 1 is 0.188 bits per heavy atom. The molecule has 8 rings (SSSR count). The lowest BCUT2D eigenvalue weighted by molar-refractivity contribution is 1.07. The van der Waals surface area contributed by atoms with Crippen LogP contribution in [0.5, 0.6) is 0 Å². The van der Waals surface area contributed by atoms with E-state index in [1.165, 1.54) is 11.1 Å². The molecule has 1 heterocycles. The van der Waals surface area contributed by atoms with Crippen LogP contribution in [0.3, 0.4) is 0 Å². The van der Waals surface area contributed by atoms with E-state index >= 15 is 0 Å².